The molecule has 0 aliphatic carbocycles. The second-order valence-electron chi connectivity index (χ2n) is 4.75. The van der Waals surface area contributed by atoms with Gasteiger partial charge in [0, 0.05) is 6.42 Å². The third-order valence-electron chi connectivity index (χ3n) is 3.48. The Bertz CT molecular complexity index is 592. The lowest BCUT2D eigenvalue weighted by Gasteiger charge is -2.14. The molecular formula is C16H19NO2. The Morgan fingerprint density at radius 2 is 1.89 bits per heavy atom. The Labute approximate surface area is 113 Å². The van der Waals surface area contributed by atoms with Crippen molar-refractivity contribution in [3.05, 3.63) is 42.0 Å². The van der Waals surface area contributed by atoms with E-state index < -0.39 is 0 Å². The Morgan fingerprint density at radius 3 is 2.53 bits per heavy atom. The van der Waals surface area contributed by atoms with Gasteiger partial charge in [0.15, 0.2) is 0 Å². The van der Waals surface area contributed by atoms with Crippen molar-refractivity contribution in [2.24, 2.45) is 5.73 Å². The molecule has 3 nitrogen and oxygen atoms in total. The number of primary amides is 1. The maximum Gasteiger partial charge on any atom is 0.218 e. The molecule has 1 atom stereocenters. The maximum atomic E-state index is 11.1. The summed E-state index contributed by atoms with van der Waals surface area (Å²) in [5.74, 6) is 0.801. The van der Waals surface area contributed by atoms with E-state index >= 15 is 0 Å². The Balaban J connectivity index is 2.37. The average molecular weight is 257 g/mol. The minimum Gasteiger partial charge on any atom is -0.497 e. The van der Waals surface area contributed by atoms with Crippen LogP contribution in [0.25, 0.3) is 10.8 Å². The quantitative estimate of drug-likeness (QED) is 0.894. The molecule has 0 unspecified atom stereocenters. The highest BCUT2D eigenvalue weighted by Gasteiger charge is 2.12. The molecule has 0 aliphatic heterocycles. The van der Waals surface area contributed by atoms with Gasteiger partial charge in [0.05, 0.1) is 7.11 Å². The molecular weight excluding hydrogens is 238 g/mol. The molecule has 2 rings (SSSR count). The molecule has 3 heteroatoms. The molecule has 0 aliphatic rings. The summed E-state index contributed by atoms with van der Waals surface area (Å²) in [5, 5.41) is 2.29. The normalized spacial score (nSPS) is 12.3. The summed E-state index contributed by atoms with van der Waals surface area (Å²) in [5.41, 5.74) is 6.47. The third-order valence-corrected chi connectivity index (χ3v) is 3.48. The van der Waals surface area contributed by atoms with Crippen LogP contribution in [-0.2, 0) is 4.79 Å². The number of nitrogens with two attached hydrogens (primary N) is 1. The molecule has 0 heterocycles. The largest absolute Gasteiger partial charge is 0.497 e. The van der Waals surface area contributed by atoms with E-state index in [1.54, 1.807) is 7.11 Å². The van der Waals surface area contributed by atoms with Crippen LogP contribution in [0, 0.1) is 0 Å². The second kappa shape index (κ2) is 5.74. The summed E-state index contributed by atoms with van der Waals surface area (Å²) in [6.45, 7) is 2.08. The van der Waals surface area contributed by atoms with Crippen molar-refractivity contribution >= 4 is 16.7 Å². The lowest BCUT2D eigenvalue weighted by molar-refractivity contribution is -0.118. The van der Waals surface area contributed by atoms with Gasteiger partial charge in [0.1, 0.15) is 5.75 Å². The van der Waals surface area contributed by atoms with Gasteiger partial charge in [-0.15, -0.1) is 0 Å². The number of carbonyl (C=O) groups excluding carboxylic acids is 1. The topological polar surface area (TPSA) is 52.3 Å². The number of methoxy groups -OCH3 is 1. The van der Waals surface area contributed by atoms with E-state index in [4.69, 9.17) is 10.5 Å². The number of ether oxygens (including phenoxy) is 1. The lowest BCUT2D eigenvalue weighted by Crippen LogP contribution is -2.14. The standard InChI is InChI=1S/C16H19NO2/c1-3-11(10-16(17)18)12-4-5-14-9-15(19-2)7-6-13(14)8-12/h4-9,11H,3,10H2,1-2H3,(H2,17,18)/t11-/m1/s1. The van der Waals surface area contributed by atoms with Crippen molar-refractivity contribution in [2.45, 2.75) is 25.7 Å². The van der Waals surface area contributed by atoms with E-state index in [9.17, 15) is 4.79 Å². The molecule has 1 amide bonds. The zero-order valence-electron chi connectivity index (χ0n) is 11.3. The van der Waals surface area contributed by atoms with Gasteiger partial charge in [-0.1, -0.05) is 31.2 Å². The number of rotatable bonds is 5. The summed E-state index contributed by atoms with van der Waals surface area (Å²) in [4.78, 5) is 11.1. The lowest BCUT2D eigenvalue weighted by atomic mass is 9.91. The van der Waals surface area contributed by atoms with Crippen molar-refractivity contribution in [2.75, 3.05) is 7.11 Å². The summed E-state index contributed by atoms with van der Waals surface area (Å²) in [6, 6.07) is 12.3. The molecule has 0 saturated heterocycles. The van der Waals surface area contributed by atoms with E-state index in [1.807, 2.05) is 18.2 Å². The van der Waals surface area contributed by atoms with E-state index in [0.29, 0.717) is 6.42 Å². The second-order valence-corrected chi connectivity index (χ2v) is 4.75. The number of benzene rings is 2. The minimum atomic E-state index is -0.248. The molecule has 100 valence electrons. The highest BCUT2D eigenvalue weighted by Crippen LogP contribution is 2.28. The van der Waals surface area contributed by atoms with Crippen LogP contribution in [-0.4, -0.2) is 13.0 Å². The van der Waals surface area contributed by atoms with Crippen molar-refractivity contribution in [1.82, 2.24) is 0 Å². The molecule has 0 spiro atoms. The fourth-order valence-electron chi connectivity index (χ4n) is 2.36. The van der Waals surface area contributed by atoms with Crippen molar-refractivity contribution in [3.8, 4) is 5.75 Å². The fraction of sp³-hybridized carbons (Fsp3) is 0.312. The van der Waals surface area contributed by atoms with Gasteiger partial charge in [-0.3, -0.25) is 4.79 Å². The Kier molecular flexibility index (Phi) is 4.05. The monoisotopic (exact) mass is 257 g/mol. The predicted octanol–water partition coefficient (Wildman–Crippen LogP) is 3.22. The van der Waals surface area contributed by atoms with Gasteiger partial charge in [0.25, 0.3) is 0 Å². The first-order valence-electron chi connectivity index (χ1n) is 6.50. The maximum absolute atomic E-state index is 11.1. The number of hydrogen-bond donors (Lipinski definition) is 1. The molecule has 2 aromatic carbocycles. The van der Waals surface area contributed by atoms with Crippen LogP contribution in [0.2, 0.25) is 0 Å². The number of amides is 1. The number of hydrogen-bond acceptors (Lipinski definition) is 2. The van der Waals surface area contributed by atoms with Gasteiger partial charge in [-0.25, -0.2) is 0 Å². The summed E-state index contributed by atoms with van der Waals surface area (Å²) in [7, 11) is 1.66. The number of fused-ring (bicyclic) bond motifs is 1. The van der Waals surface area contributed by atoms with Crippen LogP contribution in [0.15, 0.2) is 36.4 Å². The van der Waals surface area contributed by atoms with Crippen LogP contribution in [0.1, 0.15) is 31.2 Å². The van der Waals surface area contributed by atoms with E-state index in [1.165, 1.54) is 5.56 Å². The first kappa shape index (κ1) is 13.4. The molecule has 0 saturated carbocycles. The summed E-state index contributed by atoms with van der Waals surface area (Å²) in [6.07, 6.45) is 1.31. The Morgan fingerprint density at radius 1 is 1.21 bits per heavy atom. The first-order chi connectivity index (χ1) is 9.13. The zero-order chi connectivity index (χ0) is 13.8. The van der Waals surface area contributed by atoms with Crippen molar-refractivity contribution < 1.29 is 9.53 Å². The van der Waals surface area contributed by atoms with E-state index in [-0.39, 0.29) is 11.8 Å². The SMILES string of the molecule is CC[C@H](CC(N)=O)c1ccc2cc(OC)ccc2c1. The van der Waals surface area contributed by atoms with Gasteiger partial charge in [0.2, 0.25) is 5.91 Å². The van der Waals surface area contributed by atoms with Gasteiger partial charge >= 0.3 is 0 Å². The molecule has 19 heavy (non-hydrogen) atoms. The van der Waals surface area contributed by atoms with Gasteiger partial charge in [-0.2, -0.15) is 0 Å². The highest BCUT2D eigenvalue weighted by molar-refractivity contribution is 5.85. The van der Waals surface area contributed by atoms with Gasteiger partial charge < -0.3 is 10.5 Å². The highest BCUT2D eigenvalue weighted by atomic mass is 16.5. The van der Waals surface area contributed by atoms with Crippen molar-refractivity contribution in [1.29, 1.82) is 0 Å². The molecule has 0 bridgehead atoms. The fourth-order valence-corrected chi connectivity index (χ4v) is 2.36. The smallest absolute Gasteiger partial charge is 0.218 e. The van der Waals surface area contributed by atoms with Crippen LogP contribution < -0.4 is 10.5 Å². The van der Waals surface area contributed by atoms with Crippen molar-refractivity contribution in [3.63, 3.8) is 0 Å². The Hall–Kier alpha value is -2.03. The van der Waals surface area contributed by atoms with Crippen LogP contribution in [0.3, 0.4) is 0 Å². The number of carbonyl (C=O) groups is 1. The van der Waals surface area contributed by atoms with Gasteiger partial charge in [-0.05, 0) is 40.8 Å². The molecule has 2 N–H and O–H groups in total. The van der Waals surface area contributed by atoms with Crippen LogP contribution in [0.5, 0.6) is 5.75 Å². The minimum absolute atomic E-state index is 0.198. The molecule has 0 fully saturated rings. The molecule has 0 radical (unpaired) electrons. The third kappa shape index (κ3) is 3.05. The van der Waals surface area contributed by atoms with E-state index in [0.717, 1.165) is 22.9 Å². The predicted molar refractivity (Wildman–Crippen MR) is 77.3 cm³/mol. The average Bonchev–Trinajstić information content (AvgIpc) is 2.43. The van der Waals surface area contributed by atoms with Crippen LogP contribution >= 0.6 is 0 Å². The zero-order valence-corrected chi connectivity index (χ0v) is 11.3. The first-order valence-corrected chi connectivity index (χ1v) is 6.50. The summed E-state index contributed by atoms with van der Waals surface area (Å²) < 4.78 is 5.21. The van der Waals surface area contributed by atoms with Crippen LogP contribution in [0.4, 0.5) is 0 Å². The molecule has 0 aromatic heterocycles. The summed E-state index contributed by atoms with van der Waals surface area (Å²) >= 11 is 0. The molecule has 2 aromatic rings. The van der Waals surface area contributed by atoms with E-state index in [2.05, 4.69) is 25.1 Å².